The molecule has 4 rings (SSSR count). The molecule has 3 heterocycles. The average Bonchev–Trinajstić information content (AvgIpc) is 2.78. The Balaban J connectivity index is 1.56. The SMILES string of the molecule is OCc1nc(-c2cccc(Cl)c2)cc(N2CCN(c3ncccc3C(F)(F)F)CC2)n1. The summed E-state index contributed by atoms with van der Waals surface area (Å²) in [7, 11) is 0. The largest absolute Gasteiger partial charge is 0.419 e. The summed E-state index contributed by atoms with van der Waals surface area (Å²) in [6.07, 6.45) is -3.10. The minimum absolute atomic E-state index is 0.0620. The van der Waals surface area contributed by atoms with Crippen molar-refractivity contribution >= 4 is 23.2 Å². The highest BCUT2D eigenvalue weighted by Crippen LogP contribution is 2.35. The van der Waals surface area contributed by atoms with Crippen molar-refractivity contribution in [1.82, 2.24) is 15.0 Å². The van der Waals surface area contributed by atoms with Crippen LogP contribution in [0.25, 0.3) is 11.3 Å². The van der Waals surface area contributed by atoms with E-state index in [0.717, 1.165) is 11.6 Å². The van der Waals surface area contributed by atoms with E-state index in [-0.39, 0.29) is 18.2 Å². The van der Waals surface area contributed by atoms with Gasteiger partial charge in [0.1, 0.15) is 18.2 Å². The summed E-state index contributed by atoms with van der Waals surface area (Å²) in [4.78, 5) is 16.3. The van der Waals surface area contributed by atoms with Gasteiger partial charge in [-0.2, -0.15) is 13.2 Å². The predicted octanol–water partition coefficient (Wildman–Crippen LogP) is 4.03. The smallest absolute Gasteiger partial charge is 0.388 e. The molecule has 0 saturated carbocycles. The van der Waals surface area contributed by atoms with Gasteiger partial charge in [-0.05, 0) is 24.3 Å². The number of rotatable bonds is 4. The summed E-state index contributed by atoms with van der Waals surface area (Å²) in [6.45, 7) is 1.27. The van der Waals surface area contributed by atoms with Gasteiger partial charge in [-0.1, -0.05) is 23.7 Å². The third-order valence-corrected chi connectivity index (χ3v) is 5.25. The van der Waals surface area contributed by atoms with Crippen LogP contribution >= 0.6 is 11.6 Å². The van der Waals surface area contributed by atoms with Gasteiger partial charge in [-0.15, -0.1) is 0 Å². The molecule has 1 aliphatic heterocycles. The number of benzene rings is 1. The lowest BCUT2D eigenvalue weighted by atomic mass is 10.1. The molecule has 0 atom stereocenters. The van der Waals surface area contributed by atoms with Gasteiger partial charge < -0.3 is 14.9 Å². The summed E-state index contributed by atoms with van der Waals surface area (Å²) in [6, 6.07) is 11.3. The highest BCUT2D eigenvalue weighted by Gasteiger charge is 2.36. The molecule has 0 unspecified atom stereocenters. The number of aliphatic hydroxyl groups is 1. The first-order chi connectivity index (χ1) is 14.8. The van der Waals surface area contributed by atoms with Gasteiger partial charge in [0.25, 0.3) is 0 Å². The predicted molar refractivity (Wildman–Crippen MR) is 112 cm³/mol. The van der Waals surface area contributed by atoms with Crippen LogP contribution in [0.1, 0.15) is 11.4 Å². The second-order valence-corrected chi connectivity index (χ2v) is 7.48. The highest BCUT2D eigenvalue weighted by molar-refractivity contribution is 6.30. The zero-order valence-corrected chi connectivity index (χ0v) is 17.1. The van der Waals surface area contributed by atoms with Crippen LogP contribution in [-0.4, -0.2) is 46.2 Å². The Bertz CT molecular complexity index is 1070. The van der Waals surface area contributed by atoms with E-state index in [1.165, 1.54) is 12.3 Å². The maximum absolute atomic E-state index is 13.3. The van der Waals surface area contributed by atoms with E-state index < -0.39 is 11.7 Å². The van der Waals surface area contributed by atoms with Crippen molar-refractivity contribution in [2.24, 2.45) is 0 Å². The summed E-state index contributed by atoms with van der Waals surface area (Å²) < 4.78 is 40.0. The minimum atomic E-state index is -4.46. The Hall–Kier alpha value is -2.91. The van der Waals surface area contributed by atoms with Crippen molar-refractivity contribution in [2.45, 2.75) is 12.8 Å². The second-order valence-electron chi connectivity index (χ2n) is 7.04. The van der Waals surface area contributed by atoms with E-state index >= 15 is 0 Å². The van der Waals surface area contributed by atoms with Crippen LogP contribution in [0.3, 0.4) is 0 Å². The molecule has 1 N–H and O–H groups in total. The Morgan fingerprint density at radius 1 is 0.968 bits per heavy atom. The monoisotopic (exact) mass is 449 g/mol. The zero-order chi connectivity index (χ0) is 22.0. The molecule has 0 aliphatic carbocycles. The van der Waals surface area contributed by atoms with Crippen LogP contribution in [0.5, 0.6) is 0 Å². The van der Waals surface area contributed by atoms with Crippen molar-refractivity contribution in [3.8, 4) is 11.3 Å². The molecule has 1 saturated heterocycles. The van der Waals surface area contributed by atoms with Crippen LogP contribution in [0.4, 0.5) is 24.8 Å². The molecular weight excluding hydrogens is 431 g/mol. The third-order valence-electron chi connectivity index (χ3n) is 5.02. The van der Waals surface area contributed by atoms with Crippen molar-refractivity contribution in [1.29, 1.82) is 0 Å². The number of nitrogens with zero attached hydrogens (tertiary/aromatic N) is 5. The van der Waals surface area contributed by atoms with Gasteiger partial charge in [0.05, 0.1) is 11.3 Å². The number of anilines is 2. The number of aromatic nitrogens is 3. The van der Waals surface area contributed by atoms with Crippen LogP contribution < -0.4 is 9.80 Å². The quantitative estimate of drug-likeness (QED) is 0.648. The molecule has 2 aromatic heterocycles. The van der Waals surface area contributed by atoms with Crippen molar-refractivity contribution < 1.29 is 18.3 Å². The van der Waals surface area contributed by atoms with E-state index in [2.05, 4.69) is 15.0 Å². The van der Waals surface area contributed by atoms with E-state index in [1.54, 1.807) is 23.1 Å². The van der Waals surface area contributed by atoms with E-state index in [4.69, 9.17) is 11.6 Å². The molecular formula is C21H19ClF3N5O. The van der Waals surface area contributed by atoms with Gasteiger partial charge in [-0.3, -0.25) is 0 Å². The molecule has 0 amide bonds. The molecule has 3 aromatic rings. The highest BCUT2D eigenvalue weighted by atomic mass is 35.5. The second kappa shape index (κ2) is 8.68. The fourth-order valence-corrected chi connectivity index (χ4v) is 3.72. The maximum Gasteiger partial charge on any atom is 0.419 e. The third kappa shape index (κ3) is 4.72. The lowest BCUT2D eigenvalue weighted by Crippen LogP contribution is -2.47. The van der Waals surface area contributed by atoms with Crippen molar-refractivity contribution in [2.75, 3.05) is 36.0 Å². The Morgan fingerprint density at radius 3 is 2.39 bits per heavy atom. The molecule has 1 fully saturated rings. The summed E-state index contributed by atoms with van der Waals surface area (Å²) in [5.74, 6) is 0.803. The van der Waals surface area contributed by atoms with Crippen molar-refractivity contribution in [3.63, 3.8) is 0 Å². The minimum Gasteiger partial charge on any atom is -0.388 e. The van der Waals surface area contributed by atoms with E-state index in [9.17, 15) is 18.3 Å². The molecule has 1 aliphatic rings. The first-order valence-corrected chi connectivity index (χ1v) is 10.00. The lowest BCUT2D eigenvalue weighted by Gasteiger charge is -2.37. The molecule has 6 nitrogen and oxygen atoms in total. The number of halogens is 4. The number of piperazine rings is 1. The number of hydrogen-bond acceptors (Lipinski definition) is 6. The van der Waals surface area contributed by atoms with Gasteiger partial charge in [0.15, 0.2) is 5.82 Å². The molecule has 31 heavy (non-hydrogen) atoms. The van der Waals surface area contributed by atoms with E-state index in [0.29, 0.717) is 42.7 Å². The lowest BCUT2D eigenvalue weighted by molar-refractivity contribution is -0.137. The standard InChI is InChI=1S/C21H19ClF3N5O/c22-15-4-1-3-14(11-15)17-12-19(28-18(13-31)27-17)29-7-9-30(10-8-29)20-16(21(23,24)25)5-2-6-26-20/h1-6,11-12,31H,7-10,13H2. The fraction of sp³-hybridized carbons (Fsp3) is 0.286. The Labute approximate surface area is 182 Å². The normalized spacial score (nSPS) is 14.7. The van der Waals surface area contributed by atoms with Gasteiger partial charge in [-0.25, -0.2) is 15.0 Å². The number of hydrogen-bond donors (Lipinski definition) is 1. The Kier molecular flexibility index (Phi) is 5.97. The molecule has 0 bridgehead atoms. The van der Waals surface area contributed by atoms with Crippen LogP contribution in [-0.2, 0) is 12.8 Å². The van der Waals surface area contributed by atoms with Crippen LogP contribution in [0.15, 0.2) is 48.7 Å². The number of pyridine rings is 1. The number of alkyl halides is 3. The fourth-order valence-electron chi connectivity index (χ4n) is 3.53. The van der Waals surface area contributed by atoms with Gasteiger partial charge in [0, 0.05) is 49.0 Å². The molecule has 162 valence electrons. The molecule has 0 spiro atoms. The Morgan fingerprint density at radius 2 is 1.71 bits per heavy atom. The first kappa shape index (κ1) is 21.3. The molecule has 10 heteroatoms. The first-order valence-electron chi connectivity index (χ1n) is 9.62. The van der Waals surface area contributed by atoms with Gasteiger partial charge >= 0.3 is 6.18 Å². The summed E-state index contributed by atoms with van der Waals surface area (Å²) >= 11 is 6.08. The van der Waals surface area contributed by atoms with Crippen LogP contribution in [0, 0.1) is 0 Å². The maximum atomic E-state index is 13.3. The topological polar surface area (TPSA) is 65.4 Å². The van der Waals surface area contributed by atoms with Crippen LogP contribution in [0.2, 0.25) is 5.02 Å². The summed E-state index contributed by atoms with van der Waals surface area (Å²) in [5, 5.41) is 10.2. The molecule has 0 radical (unpaired) electrons. The summed E-state index contributed by atoms with van der Waals surface area (Å²) in [5.41, 5.74) is 0.659. The van der Waals surface area contributed by atoms with Crippen molar-refractivity contribution in [3.05, 3.63) is 65.1 Å². The van der Waals surface area contributed by atoms with Gasteiger partial charge in [0.2, 0.25) is 0 Å². The molecule has 1 aromatic carbocycles. The number of aliphatic hydroxyl groups excluding tert-OH is 1. The average molecular weight is 450 g/mol. The zero-order valence-electron chi connectivity index (χ0n) is 16.3. The van der Waals surface area contributed by atoms with E-state index in [1.807, 2.05) is 17.0 Å².